The largest absolute Gasteiger partial charge is 0.380 e. The van der Waals surface area contributed by atoms with Gasteiger partial charge < -0.3 is 20.7 Å². The van der Waals surface area contributed by atoms with Gasteiger partial charge in [-0.1, -0.05) is 6.42 Å². The Morgan fingerprint density at radius 2 is 1.81 bits per heavy atom. The highest BCUT2D eigenvalue weighted by molar-refractivity contribution is 5.89. The Hall–Kier alpha value is -1.14. The van der Waals surface area contributed by atoms with E-state index >= 15 is 0 Å². The van der Waals surface area contributed by atoms with Gasteiger partial charge in [0, 0.05) is 13.2 Å². The van der Waals surface area contributed by atoms with Crippen molar-refractivity contribution in [3.63, 3.8) is 0 Å². The number of carbonyl (C=O) groups is 2. The summed E-state index contributed by atoms with van der Waals surface area (Å²) in [5.74, 6) is -0.109. The van der Waals surface area contributed by atoms with E-state index in [1.807, 2.05) is 0 Å². The molecular weight excluding hydrogens is 270 g/mol. The van der Waals surface area contributed by atoms with E-state index in [-0.39, 0.29) is 17.2 Å². The second-order valence-corrected chi connectivity index (χ2v) is 6.09. The van der Waals surface area contributed by atoms with E-state index in [9.17, 15) is 9.59 Å². The molecule has 2 fully saturated rings. The van der Waals surface area contributed by atoms with E-state index in [0.717, 1.165) is 45.2 Å². The molecule has 21 heavy (non-hydrogen) atoms. The predicted molar refractivity (Wildman–Crippen MR) is 79.8 cm³/mol. The van der Waals surface area contributed by atoms with Crippen LogP contribution >= 0.6 is 0 Å². The van der Waals surface area contributed by atoms with Gasteiger partial charge >= 0.3 is 0 Å². The molecular formula is C15H27N3O3. The lowest BCUT2D eigenvalue weighted by atomic mass is 9.74. The first-order valence-electron chi connectivity index (χ1n) is 8.01. The summed E-state index contributed by atoms with van der Waals surface area (Å²) in [7, 11) is 0. The Morgan fingerprint density at radius 3 is 2.57 bits per heavy atom. The third kappa shape index (κ3) is 4.41. The molecule has 0 aromatic heterocycles. The molecule has 0 aromatic rings. The number of ether oxygens (including phenoxy) is 1. The number of hydrogen-bond donors (Lipinski definition) is 3. The highest BCUT2D eigenvalue weighted by atomic mass is 16.5. The minimum absolute atomic E-state index is 0.0341. The lowest BCUT2D eigenvalue weighted by Gasteiger charge is -2.37. The van der Waals surface area contributed by atoms with Crippen LogP contribution in [-0.4, -0.2) is 50.7 Å². The molecule has 0 radical (unpaired) electrons. The summed E-state index contributed by atoms with van der Waals surface area (Å²) >= 11 is 0. The van der Waals surface area contributed by atoms with Gasteiger partial charge in [0.1, 0.15) is 6.04 Å². The fourth-order valence-corrected chi connectivity index (χ4v) is 3.08. The van der Waals surface area contributed by atoms with Crippen molar-refractivity contribution in [3.05, 3.63) is 0 Å². The van der Waals surface area contributed by atoms with E-state index in [1.54, 1.807) is 6.92 Å². The summed E-state index contributed by atoms with van der Waals surface area (Å²) in [6, 6.07) is -0.495. The standard InChI is InChI=1S/C15H27N3O3/c1-12-13(19)17-9-11-21-10-3-2-4-15(14(20)18-12)5-7-16-8-6-15/h12,16H,2-11H2,1H3,(H,17,19)(H,18,20)/t12-/m0/s1. The monoisotopic (exact) mass is 297 g/mol. The van der Waals surface area contributed by atoms with Gasteiger partial charge in [-0.25, -0.2) is 0 Å². The molecule has 1 spiro atoms. The summed E-state index contributed by atoms with van der Waals surface area (Å²) in [6.07, 6.45) is 4.51. The van der Waals surface area contributed by atoms with Crippen molar-refractivity contribution in [2.45, 2.75) is 45.1 Å². The molecule has 1 atom stereocenters. The quantitative estimate of drug-likeness (QED) is 0.596. The summed E-state index contributed by atoms with van der Waals surface area (Å²) in [4.78, 5) is 24.6. The van der Waals surface area contributed by atoms with Gasteiger partial charge in [-0.15, -0.1) is 0 Å². The predicted octanol–water partition coefficient (Wildman–Crippen LogP) is 0.178. The molecule has 2 saturated heterocycles. The lowest BCUT2D eigenvalue weighted by Crippen LogP contribution is -2.53. The summed E-state index contributed by atoms with van der Waals surface area (Å²) in [5.41, 5.74) is -0.326. The summed E-state index contributed by atoms with van der Waals surface area (Å²) < 4.78 is 5.50. The number of hydrogen-bond acceptors (Lipinski definition) is 4. The van der Waals surface area contributed by atoms with Crippen molar-refractivity contribution in [1.82, 2.24) is 16.0 Å². The number of piperidine rings is 1. The maximum Gasteiger partial charge on any atom is 0.242 e. The second-order valence-electron chi connectivity index (χ2n) is 6.09. The molecule has 0 aliphatic carbocycles. The molecule has 0 saturated carbocycles. The average molecular weight is 297 g/mol. The van der Waals surface area contributed by atoms with Gasteiger partial charge in [-0.2, -0.15) is 0 Å². The maximum atomic E-state index is 12.7. The minimum Gasteiger partial charge on any atom is -0.380 e. The fourth-order valence-electron chi connectivity index (χ4n) is 3.08. The molecule has 6 nitrogen and oxygen atoms in total. The van der Waals surface area contributed by atoms with E-state index in [2.05, 4.69) is 16.0 Å². The van der Waals surface area contributed by atoms with E-state index in [0.29, 0.717) is 19.8 Å². The first-order valence-corrected chi connectivity index (χ1v) is 8.01. The van der Waals surface area contributed by atoms with Crippen molar-refractivity contribution in [2.75, 3.05) is 32.8 Å². The van der Waals surface area contributed by atoms with Crippen molar-refractivity contribution in [2.24, 2.45) is 5.41 Å². The van der Waals surface area contributed by atoms with Gasteiger partial charge in [0.05, 0.1) is 12.0 Å². The van der Waals surface area contributed by atoms with Crippen LogP contribution in [0.15, 0.2) is 0 Å². The molecule has 2 aliphatic rings. The Balaban J connectivity index is 2.07. The molecule has 0 unspecified atom stereocenters. The number of rotatable bonds is 0. The van der Waals surface area contributed by atoms with Crippen LogP contribution in [-0.2, 0) is 14.3 Å². The van der Waals surface area contributed by atoms with Gasteiger partial charge in [0.25, 0.3) is 0 Å². The van der Waals surface area contributed by atoms with Gasteiger partial charge in [0.2, 0.25) is 11.8 Å². The zero-order valence-electron chi connectivity index (χ0n) is 12.9. The van der Waals surface area contributed by atoms with Gasteiger partial charge in [0.15, 0.2) is 0 Å². The number of carbonyl (C=O) groups excluding carboxylic acids is 2. The van der Waals surface area contributed by atoms with Crippen LogP contribution in [0.5, 0.6) is 0 Å². The van der Waals surface area contributed by atoms with Crippen molar-refractivity contribution >= 4 is 11.8 Å². The minimum atomic E-state index is -0.495. The molecule has 2 rings (SSSR count). The fraction of sp³-hybridized carbons (Fsp3) is 0.867. The molecule has 3 N–H and O–H groups in total. The normalized spacial score (nSPS) is 28.7. The van der Waals surface area contributed by atoms with Crippen LogP contribution in [0.3, 0.4) is 0 Å². The van der Waals surface area contributed by atoms with Crippen molar-refractivity contribution in [1.29, 1.82) is 0 Å². The molecule has 2 heterocycles. The third-order valence-electron chi connectivity index (χ3n) is 4.52. The maximum absolute atomic E-state index is 12.7. The Bertz CT molecular complexity index is 367. The van der Waals surface area contributed by atoms with E-state index in [4.69, 9.17) is 4.74 Å². The second kappa shape index (κ2) is 7.75. The van der Waals surface area contributed by atoms with Crippen LogP contribution < -0.4 is 16.0 Å². The number of nitrogens with one attached hydrogen (secondary N) is 3. The van der Waals surface area contributed by atoms with E-state index < -0.39 is 6.04 Å². The Labute approximate surface area is 126 Å². The van der Waals surface area contributed by atoms with E-state index in [1.165, 1.54) is 0 Å². The average Bonchev–Trinajstić information content (AvgIpc) is 2.50. The van der Waals surface area contributed by atoms with Crippen molar-refractivity contribution in [3.8, 4) is 0 Å². The van der Waals surface area contributed by atoms with Gasteiger partial charge in [-0.3, -0.25) is 9.59 Å². The van der Waals surface area contributed by atoms with Crippen LogP contribution in [0.2, 0.25) is 0 Å². The van der Waals surface area contributed by atoms with Crippen LogP contribution in [0.1, 0.15) is 39.0 Å². The first kappa shape index (κ1) is 16.2. The molecule has 2 aliphatic heterocycles. The first-order chi connectivity index (χ1) is 10.1. The number of amides is 2. The summed E-state index contributed by atoms with van der Waals surface area (Å²) in [6.45, 7) is 5.19. The zero-order valence-corrected chi connectivity index (χ0v) is 12.9. The van der Waals surface area contributed by atoms with Crippen LogP contribution in [0, 0.1) is 5.41 Å². The third-order valence-corrected chi connectivity index (χ3v) is 4.52. The van der Waals surface area contributed by atoms with Crippen molar-refractivity contribution < 1.29 is 14.3 Å². The highest BCUT2D eigenvalue weighted by Crippen LogP contribution is 2.35. The lowest BCUT2D eigenvalue weighted by molar-refractivity contribution is -0.136. The highest BCUT2D eigenvalue weighted by Gasteiger charge is 2.39. The smallest absolute Gasteiger partial charge is 0.242 e. The SMILES string of the molecule is C[C@@H]1NC(=O)C2(CCCCOCCNC1=O)CCNCC2. The molecule has 0 aromatic carbocycles. The van der Waals surface area contributed by atoms with Crippen LogP contribution in [0.25, 0.3) is 0 Å². The zero-order chi connectivity index (χ0) is 15.1. The molecule has 6 heteroatoms. The molecule has 120 valence electrons. The Kier molecular flexibility index (Phi) is 5.99. The Morgan fingerprint density at radius 1 is 1.05 bits per heavy atom. The molecule has 0 bridgehead atoms. The topological polar surface area (TPSA) is 79.5 Å². The van der Waals surface area contributed by atoms with Crippen LogP contribution in [0.4, 0.5) is 0 Å². The molecule has 2 amide bonds. The van der Waals surface area contributed by atoms with Gasteiger partial charge in [-0.05, 0) is 45.7 Å². The summed E-state index contributed by atoms with van der Waals surface area (Å²) in [5, 5.41) is 9.01.